The summed E-state index contributed by atoms with van der Waals surface area (Å²) in [5.74, 6) is -3.02. The van der Waals surface area contributed by atoms with Crippen molar-refractivity contribution in [3.8, 4) is 0 Å². The van der Waals surface area contributed by atoms with Crippen molar-refractivity contribution in [2.75, 3.05) is 0 Å². The summed E-state index contributed by atoms with van der Waals surface area (Å²) >= 11 is 0. The van der Waals surface area contributed by atoms with Crippen LogP contribution in [0.5, 0.6) is 0 Å². The Morgan fingerprint density at radius 2 is 1.10 bits per heavy atom. The third-order valence-corrected chi connectivity index (χ3v) is 3.40. The molecular formula is C24H40O6Zr. The third-order valence-electron chi connectivity index (χ3n) is 3.40. The molecule has 0 atom stereocenters. The molecule has 176 valence electrons. The molecule has 0 fully saturated rings. The summed E-state index contributed by atoms with van der Waals surface area (Å²) < 4.78 is 0. The smallest absolute Gasteiger partial charge is 0.550 e. The molecule has 1 rings (SSSR count). The first-order chi connectivity index (χ1) is 13.3. The van der Waals surface area contributed by atoms with E-state index in [-0.39, 0.29) is 26.2 Å². The van der Waals surface area contributed by atoms with Crippen LogP contribution in [0, 0.1) is 22.3 Å². The standard InChI is InChI=1S/C9H13.3C5H10O2.Zr/c1-2-3-6-9-7-4-5-8-9;3*1-5(2,3)4(6)7;/h4,7H,2-3,5-6H2,1H3;3*1-3H3,(H,6,7);/q-1;;;;+4/p-3. The summed E-state index contributed by atoms with van der Waals surface area (Å²) in [6.45, 7) is 16.6. The van der Waals surface area contributed by atoms with Crippen LogP contribution in [-0.4, -0.2) is 17.9 Å². The van der Waals surface area contributed by atoms with Gasteiger partial charge >= 0.3 is 26.2 Å². The van der Waals surface area contributed by atoms with Crippen LogP contribution in [-0.2, 0) is 40.6 Å². The van der Waals surface area contributed by atoms with Gasteiger partial charge in [-0.25, -0.2) is 11.6 Å². The molecule has 7 heteroatoms. The van der Waals surface area contributed by atoms with Gasteiger partial charge in [0.15, 0.2) is 0 Å². The Kier molecular flexibility index (Phi) is 20.8. The van der Waals surface area contributed by atoms with E-state index in [2.05, 4.69) is 25.2 Å². The Labute approximate surface area is 208 Å². The molecule has 0 radical (unpaired) electrons. The van der Waals surface area contributed by atoms with Crippen molar-refractivity contribution in [3.63, 3.8) is 0 Å². The molecule has 0 bridgehead atoms. The van der Waals surface area contributed by atoms with E-state index < -0.39 is 34.2 Å². The molecule has 0 spiro atoms. The molecule has 6 nitrogen and oxygen atoms in total. The minimum absolute atomic E-state index is 0. The van der Waals surface area contributed by atoms with Gasteiger partial charge in [0, 0.05) is 34.2 Å². The number of unbranched alkanes of at least 4 members (excludes halogenated alkanes) is 1. The second kappa shape index (κ2) is 17.3. The normalized spacial score (nSPS) is 12.4. The van der Waals surface area contributed by atoms with Crippen LogP contribution in [0.1, 0.15) is 94.9 Å². The number of carboxylic acids is 3. The van der Waals surface area contributed by atoms with Crippen LogP contribution >= 0.6 is 0 Å². The monoisotopic (exact) mass is 514 g/mol. The number of hydrogen-bond donors (Lipinski definition) is 0. The molecule has 1 aliphatic carbocycles. The molecule has 0 saturated carbocycles. The molecule has 0 aromatic carbocycles. The van der Waals surface area contributed by atoms with E-state index in [4.69, 9.17) is 0 Å². The average molecular weight is 516 g/mol. The first kappa shape index (κ1) is 37.1. The van der Waals surface area contributed by atoms with E-state index in [1.165, 1.54) is 24.8 Å². The van der Waals surface area contributed by atoms with Gasteiger partial charge in [-0.05, 0) is 0 Å². The molecule has 0 aromatic rings. The van der Waals surface area contributed by atoms with E-state index in [1.54, 1.807) is 62.3 Å². The van der Waals surface area contributed by atoms with Crippen molar-refractivity contribution in [1.29, 1.82) is 0 Å². The maximum Gasteiger partial charge on any atom is 4.00 e. The zero-order valence-electron chi connectivity index (χ0n) is 20.9. The van der Waals surface area contributed by atoms with Gasteiger partial charge in [-0.2, -0.15) is 6.08 Å². The Bertz CT molecular complexity index is 528. The maximum absolute atomic E-state index is 9.91. The molecule has 1 aliphatic rings. The van der Waals surface area contributed by atoms with Crippen LogP contribution in [0.25, 0.3) is 0 Å². The van der Waals surface area contributed by atoms with Gasteiger partial charge in [0.25, 0.3) is 0 Å². The van der Waals surface area contributed by atoms with E-state index in [0.29, 0.717) is 0 Å². The fourth-order valence-electron chi connectivity index (χ4n) is 0.989. The number of aliphatic carboxylic acids is 3. The summed E-state index contributed by atoms with van der Waals surface area (Å²) in [4.78, 5) is 29.7. The quantitative estimate of drug-likeness (QED) is 0.531. The van der Waals surface area contributed by atoms with E-state index in [9.17, 15) is 29.7 Å². The topological polar surface area (TPSA) is 120 Å². The summed E-state index contributed by atoms with van der Waals surface area (Å²) in [7, 11) is 0. The molecule has 0 saturated heterocycles. The average Bonchev–Trinajstić information content (AvgIpc) is 3.05. The fraction of sp³-hybridized carbons (Fsp3) is 0.708. The van der Waals surface area contributed by atoms with Crippen molar-refractivity contribution >= 4 is 17.9 Å². The van der Waals surface area contributed by atoms with Crippen LogP contribution in [0.4, 0.5) is 0 Å². The number of allylic oxidation sites excluding steroid dienone is 4. The third kappa shape index (κ3) is 26.7. The fourth-order valence-corrected chi connectivity index (χ4v) is 0.989. The SMILES string of the molecule is CC(C)(C)C(=O)[O-].CC(C)(C)C(=O)[O-].CC(C)(C)C(=O)[O-].CCCCC1=[C-]CC=C1.[Zr+4]. The van der Waals surface area contributed by atoms with Gasteiger partial charge in [0.05, 0.1) is 0 Å². The molecule has 0 N–H and O–H groups in total. The first-order valence-corrected chi connectivity index (χ1v) is 10.2. The number of rotatable bonds is 3. The van der Waals surface area contributed by atoms with Gasteiger partial charge in [0.1, 0.15) is 0 Å². The zero-order chi connectivity index (χ0) is 24.8. The molecule has 0 aromatic heterocycles. The Morgan fingerprint density at radius 3 is 1.26 bits per heavy atom. The predicted molar refractivity (Wildman–Crippen MR) is 113 cm³/mol. The summed E-state index contributed by atoms with van der Waals surface area (Å²) in [6.07, 6.45) is 12.5. The summed E-state index contributed by atoms with van der Waals surface area (Å²) in [5, 5.41) is 29.7. The van der Waals surface area contributed by atoms with E-state index >= 15 is 0 Å². The van der Waals surface area contributed by atoms with Crippen molar-refractivity contribution in [1.82, 2.24) is 0 Å². The van der Waals surface area contributed by atoms with Gasteiger partial charge < -0.3 is 29.7 Å². The van der Waals surface area contributed by atoms with Crippen LogP contribution in [0.3, 0.4) is 0 Å². The van der Waals surface area contributed by atoms with Gasteiger partial charge in [-0.1, -0.05) is 88.5 Å². The Balaban J connectivity index is -0.000000156. The van der Waals surface area contributed by atoms with E-state index in [0.717, 1.165) is 6.42 Å². The first-order valence-electron chi connectivity index (χ1n) is 10.2. The summed E-state index contributed by atoms with van der Waals surface area (Å²) in [5.41, 5.74) is -0.670. The van der Waals surface area contributed by atoms with Crippen LogP contribution in [0.15, 0.2) is 17.7 Å². The molecule has 0 aliphatic heterocycles. The number of carboxylic acid groups (broad SMARTS) is 3. The Morgan fingerprint density at radius 1 is 0.806 bits per heavy atom. The zero-order valence-corrected chi connectivity index (χ0v) is 23.4. The van der Waals surface area contributed by atoms with Crippen LogP contribution < -0.4 is 15.3 Å². The Hall–Kier alpha value is -1.23. The molecular weight excluding hydrogens is 475 g/mol. The van der Waals surface area contributed by atoms with Crippen molar-refractivity contribution in [2.24, 2.45) is 16.2 Å². The summed E-state index contributed by atoms with van der Waals surface area (Å²) in [6, 6.07) is 0. The van der Waals surface area contributed by atoms with Crippen molar-refractivity contribution < 1.29 is 55.9 Å². The number of carbonyl (C=O) groups is 3. The van der Waals surface area contributed by atoms with Gasteiger partial charge in [-0.3, -0.25) is 6.08 Å². The molecule has 0 amide bonds. The van der Waals surface area contributed by atoms with Gasteiger partial charge in [-0.15, -0.1) is 6.42 Å². The van der Waals surface area contributed by atoms with Gasteiger partial charge in [0.2, 0.25) is 0 Å². The van der Waals surface area contributed by atoms with E-state index in [1.807, 2.05) is 0 Å². The van der Waals surface area contributed by atoms with Crippen molar-refractivity contribution in [3.05, 3.63) is 23.8 Å². The number of hydrogen-bond acceptors (Lipinski definition) is 6. The van der Waals surface area contributed by atoms with Crippen LogP contribution in [0.2, 0.25) is 0 Å². The predicted octanol–water partition coefficient (Wildman–Crippen LogP) is 2.21. The molecule has 0 unspecified atom stereocenters. The number of carbonyl (C=O) groups excluding carboxylic acids is 3. The second-order valence-corrected chi connectivity index (χ2v) is 10.0. The minimum atomic E-state index is -1.01. The van der Waals surface area contributed by atoms with Crippen molar-refractivity contribution in [2.45, 2.75) is 94.9 Å². The minimum Gasteiger partial charge on any atom is -0.550 e. The molecule has 31 heavy (non-hydrogen) atoms. The second-order valence-electron chi connectivity index (χ2n) is 10.0. The largest absolute Gasteiger partial charge is 4.00 e. The maximum atomic E-state index is 9.91. The molecule has 0 heterocycles.